The SMILES string of the molecule is CCS(=O)C1CCCC(NC(=NC)NCC(C)c2ccccc2OC)C1. The molecule has 0 heterocycles. The zero-order valence-electron chi connectivity index (χ0n) is 16.5. The van der Waals surface area contributed by atoms with E-state index in [-0.39, 0.29) is 0 Å². The molecule has 0 spiro atoms. The van der Waals surface area contributed by atoms with Gasteiger partial charge in [0.2, 0.25) is 0 Å². The van der Waals surface area contributed by atoms with Crippen LogP contribution < -0.4 is 15.4 Å². The standard InChI is InChI=1S/C20H33N3O2S/c1-5-26(24)17-10-8-9-16(13-17)23-20(21-3)22-14-15(2)18-11-6-7-12-19(18)25-4/h6-7,11-12,15-17H,5,8-10,13-14H2,1-4H3,(H2,21,22,23). The van der Waals surface area contributed by atoms with Crippen LogP contribution >= 0.6 is 0 Å². The van der Waals surface area contributed by atoms with Gasteiger partial charge in [-0.05, 0) is 30.9 Å². The number of nitrogens with one attached hydrogen (secondary N) is 2. The van der Waals surface area contributed by atoms with Crippen molar-refractivity contribution in [2.24, 2.45) is 4.99 Å². The first-order chi connectivity index (χ1) is 12.6. The Kier molecular flexibility index (Phi) is 8.42. The number of hydrogen-bond donors (Lipinski definition) is 2. The predicted molar refractivity (Wildman–Crippen MR) is 111 cm³/mol. The Balaban J connectivity index is 1.88. The summed E-state index contributed by atoms with van der Waals surface area (Å²) in [6, 6.07) is 8.47. The van der Waals surface area contributed by atoms with Gasteiger partial charge in [0.15, 0.2) is 5.96 Å². The van der Waals surface area contributed by atoms with Crippen molar-refractivity contribution in [2.45, 2.75) is 56.7 Å². The Hall–Kier alpha value is -1.56. The van der Waals surface area contributed by atoms with Gasteiger partial charge in [-0.3, -0.25) is 9.20 Å². The van der Waals surface area contributed by atoms with E-state index in [1.54, 1.807) is 14.2 Å². The Morgan fingerprint density at radius 1 is 1.38 bits per heavy atom. The van der Waals surface area contributed by atoms with Crippen LogP contribution in [0, 0.1) is 0 Å². The maximum atomic E-state index is 12.1. The van der Waals surface area contributed by atoms with Crippen molar-refractivity contribution in [1.82, 2.24) is 10.6 Å². The summed E-state index contributed by atoms with van der Waals surface area (Å²) in [5, 5.41) is 7.27. The van der Waals surface area contributed by atoms with Crippen LogP contribution in [-0.4, -0.2) is 47.9 Å². The molecule has 4 unspecified atom stereocenters. The van der Waals surface area contributed by atoms with Crippen molar-refractivity contribution in [1.29, 1.82) is 0 Å². The summed E-state index contributed by atoms with van der Waals surface area (Å²) < 4.78 is 17.6. The highest BCUT2D eigenvalue weighted by Gasteiger charge is 2.26. The normalized spacial score (nSPS) is 23.2. The summed E-state index contributed by atoms with van der Waals surface area (Å²) in [7, 11) is 2.80. The lowest BCUT2D eigenvalue weighted by atomic mass is 9.95. The molecule has 0 saturated heterocycles. The first kappa shape index (κ1) is 20.7. The van der Waals surface area contributed by atoms with E-state index in [4.69, 9.17) is 4.74 Å². The van der Waals surface area contributed by atoms with Gasteiger partial charge in [0, 0.05) is 47.4 Å². The van der Waals surface area contributed by atoms with Crippen LogP contribution in [0.2, 0.25) is 0 Å². The lowest BCUT2D eigenvalue weighted by molar-refractivity contribution is 0.405. The molecule has 0 radical (unpaired) electrons. The lowest BCUT2D eigenvalue weighted by Crippen LogP contribution is -2.47. The molecular formula is C20H33N3O2S. The van der Waals surface area contributed by atoms with E-state index in [9.17, 15) is 4.21 Å². The smallest absolute Gasteiger partial charge is 0.191 e. The third-order valence-corrected chi connectivity index (χ3v) is 6.83. The summed E-state index contributed by atoms with van der Waals surface area (Å²) in [5.41, 5.74) is 1.19. The number of aliphatic imine (C=N–C) groups is 1. The largest absolute Gasteiger partial charge is 0.496 e. The molecule has 26 heavy (non-hydrogen) atoms. The molecule has 1 fully saturated rings. The quantitative estimate of drug-likeness (QED) is 0.565. The van der Waals surface area contributed by atoms with E-state index in [1.165, 1.54) is 5.56 Å². The van der Waals surface area contributed by atoms with E-state index >= 15 is 0 Å². The summed E-state index contributed by atoms with van der Waals surface area (Å²) in [6.45, 7) is 4.96. The summed E-state index contributed by atoms with van der Waals surface area (Å²) in [4.78, 5) is 4.37. The second kappa shape index (κ2) is 10.6. The molecule has 1 aromatic carbocycles. The zero-order chi connectivity index (χ0) is 18.9. The predicted octanol–water partition coefficient (Wildman–Crippen LogP) is 3.04. The Bertz CT molecular complexity index is 621. The van der Waals surface area contributed by atoms with Crippen LogP contribution in [0.1, 0.15) is 51.0 Å². The minimum absolute atomic E-state index is 0.302. The second-order valence-electron chi connectivity index (χ2n) is 6.90. The first-order valence-electron chi connectivity index (χ1n) is 9.56. The van der Waals surface area contributed by atoms with Crippen molar-refractivity contribution in [3.63, 3.8) is 0 Å². The van der Waals surface area contributed by atoms with Gasteiger partial charge in [0.1, 0.15) is 5.75 Å². The number of hydrogen-bond acceptors (Lipinski definition) is 3. The molecule has 2 N–H and O–H groups in total. The minimum Gasteiger partial charge on any atom is -0.496 e. The summed E-state index contributed by atoms with van der Waals surface area (Å²) in [6.07, 6.45) is 4.28. The van der Waals surface area contributed by atoms with Crippen LogP contribution in [0.4, 0.5) is 0 Å². The number of guanidine groups is 1. The third kappa shape index (κ3) is 5.73. The molecule has 0 bridgehead atoms. The van der Waals surface area contributed by atoms with E-state index in [2.05, 4.69) is 28.6 Å². The molecule has 1 saturated carbocycles. The van der Waals surface area contributed by atoms with Gasteiger partial charge in [-0.15, -0.1) is 0 Å². The highest BCUT2D eigenvalue weighted by atomic mass is 32.2. The van der Waals surface area contributed by atoms with Crippen LogP contribution in [0.5, 0.6) is 5.75 Å². The molecule has 0 amide bonds. The number of benzene rings is 1. The molecule has 4 atom stereocenters. The van der Waals surface area contributed by atoms with Crippen LogP contribution in [-0.2, 0) is 10.8 Å². The number of rotatable bonds is 7. The average Bonchev–Trinajstić information content (AvgIpc) is 2.70. The topological polar surface area (TPSA) is 62.7 Å². The van der Waals surface area contributed by atoms with Gasteiger partial charge in [0.25, 0.3) is 0 Å². The fourth-order valence-electron chi connectivity index (χ4n) is 3.57. The van der Waals surface area contributed by atoms with Crippen LogP contribution in [0.3, 0.4) is 0 Å². The van der Waals surface area contributed by atoms with E-state index in [0.717, 1.165) is 49.7 Å². The number of para-hydroxylation sites is 1. The van der Waals surface area contributed by atoms with Gasteiger partial charge in [-0.1, -0.05) is 38.5 Å². The second-order valence-corrected chi connectivity index (χ2v) is 8.90. The average molecular weight is 380 g/mol. The molecule has 2 rings (SSSR count). The molecule has 5 nitrogen and oxygen atoms in total. The Morgan fingerprint density at radius 2 is 2.15 bits per heavy atom. The molecule has 0 aliphatic heterocycles. The molecule has 1 aliphatic carbocycles. The lowest BCUT2D eigenvalue weighted by Gasteiger charge is -2.30. The van der Waals surface area contributed by atoms with Crippen molar-refractivity contribution >= 4 is 16.8 Å². The van der Waals surface area contributed by atoms with Crippen molar-refractivity contribution in [2.75, 3.05) is 26.5 Å². The first-order valence-corrected chi connectivity index (χ1v) is 10.9. The highest BCUT2D eigenvalue weighted by Crippen LogP contribution is 2.26. The molecule has 0 aromatic heterocycles. The highest BCUT2D eigenvalue weighted by molar-refractivity contribution is 7.85. The van der Waals surface area contributed by atoms with Crippen molar-refractivity contribution in [3.8, 4) is 5.75 Å². The number of ether oxygens (including phenoxy) is 1. The van der Waals surface area contributed by atoms with Crippen molar-refractivity contribution in [3.05, 3.63) is 29.8 Å². The van der Waals surface area contributed by atoms with Gasteiger partial charge in [-0.25, -0.2) is 0 Å². The van der Waals surface area contributed by atoms with Crippen LogP contribution in [0.25, 0.3) is 0 Å². The number of nitrogens with zero attached hydrogens (tertiary/aromatic N) is 1. The molecule has 6 heteroatoms. The summed E-state index contributed by atoms with van der Waals surface area (Å²) >= 11 is 0. The van der Waals surface area contributed by atoms with Gasteiger partial charge in [-0.2, -0.15) is 0 Å². The fourth-order valence-corrected chi connectivity index (χ4v) is 4.92. The zero-order valence-corrected chi connectivity index (χ0v) is 17.3. The molecule has 146 valence electrons. The summed E-state index contributed by atoms with van der Waals surface area (Å²) in [5.74, 6) is 2.79. The Morgan fingerprint density at radius 3 is 2.85 bits per heavy atom. The molecule has 1 aliphatic rings. The fraction of sp³-hybridized carbons (Fsp3) is 0.650. The van der Waals surface area contributed by atoms with E-state index in [1.807, 2.05) is 25.1 Å². The van der Waals surface area contributed by atoms with E-state index < -0.39 is 10.8 Å². The monoisotopic (exact) mass is 379 g/mol. The minimum atomic E-state index is -0.705. The maximum absolute atomic E-state index is 12.1. The maximum Gasteiger partial charge on any atom is 0.191 e. The van der Waals surface area contributed by atoms with Gasteiger partial charge < -0.3 is 15.4 Å². The Labute approximate surface area is 160 Å². The number of methoxy groups -OCH3 is 1. The molecular weight excluding hydrogens is 346 g/mol. The van der Waals surface area contributed by atoms with Crippen LogP contribution in [0.15, 0.2) is 29.3 Å². The third-order valence-electron chi connectivity index (χ3n) is 5.09. The van der Waals surface area contributed by atoms with Crippen molar-refractivity contribution < 1.29 is 8.95 Å². The van der Waals surface area contributed by atoms with Gasteiger partial charge >= 0.3 is 0 Å². The molecule has 1 aromatic rings. The van der Waals surface area contributed by atoms with E-state index in [0.29, 0.717) is 17.2 Å². The van der Waals surface area contributed by atoms with Gasteiger partial charge in [0.05, 0.1) is 7.11 Å².